The fourth-order valence-corrected chi connectivity index (χ4v) is 10.7. The van der Waals surface area contributed by atoms with Crippen LogP contribution in [0, 0.1) is 0 Å². The van der Waals surface area contributed by atoms with Crippen LogP contribution >= 0.6 is 0 Å². The van der Waals surface area contributed by atoms with Crippen molar-refractivity contribution in [1.29, 1.82) is 0 Å². The Balaban J connectivity index is 1.10. The van der Waals surface area contributed by atoms with E-state index in [1.54, 1.807) is 0 Å². The number of benzene rings is 11. The summed E-state index contributed by atoms with van der Waals surface area (Å²) in [6, 6.07) is 99.3. The van der Waals surface area contributed by atoms with Gasteiger partial charge in [-0.1, -0.05) is 194 Å². The van der Waals surface area contributed by atoms with Gasteiger partial charge in [-0.2, -0.15) is 0 Å². The lowest BCUT2D eigenvalue weighted by Crippen LogP contribution is -2.12. The molecule has 0 atom stereocenters. The minimum absolute atomic E-state index is 1.06. The van der Waals surface area contributed by atoms with Gasteiger partial charge >= 0.3 is 0 Å². The summed E-state index contributed by atoms with van der Waals surface area (Å²) >= 11 is 0. The number of rotatable bonds is 9. The monoisotopic (exact) mass is 879 g/mol. The number of hydrogen-bond acceptors (Lipinski definition) is 1. The average molecular weight is 880 g/mol. The summed E-state index contributed by atoms with van der Waals surface area (Å²) in [5, 5.41) is 4.86. The highest BCUT2D eigenvalue weighted by Crippen LogP contribution is 2.50. The fraction of sp³-hybridized carbons (Fsp3) is 0. The van der Waals surface area contributed by atoms with Crippen LogP contribution < -0.4 is 4.90 Å². The van der Waals surface area contributed by atoms with Gasteiger partial charge in [0, 0.05) is 49.9 Å². The van der Waals surface area contributed by atoms with Gasteiger partial charge in [-0.25, -0.2) is 0 Å². The molecule has 0 bridgehead atoms. The first-order valence-electron chi connectivity index (χ1n) is 23.7. The molecule has 3 nitrogen and oxygen atoms in total. The molecular formula is C66H45N3. The molecule has 0 aliphatic heterocycles. The fourth-order valence-electron chi connectivity index (χ4n) is 10.7. The zero-order valence-corrected chi connectivity index (χ0v) is 37.8. The Bertz CT molecular complexity index is 4000. The third-order valence-corrected chi connectivity index (χ3v) is 13.7. The number of para-hydroxylation sites is 4. The zero-order valence-electron chi connectivity index (χ0n) is 37.8. The summed E-state index contributed by atoms with van der Waals surface area (Å²) in [6.07, 6.45) is 0. The van der Waals surface area contributed by atoms with Crippen LogP contribution in [0.1, 0.15) is 0 Å². The Labute approximate surface area is 401 Å². The maximum absolute atomic E-state index is 2.49. The van der Waals surface area contributed by atoms with Crippen molar-refractivity contribution in [3.63, 3.8) is 0 Å². The Kier molecular flexibility index (Phi) is 9.84. The van der Waals surface area contributed by atoms with Crippen LogP contribution in [0.15, 0.2) is 273 Å². The minimum Gasteiger partial charge on any atom is -0.310 e. The first-order chi connectivity index (χ1) is 34.3. The smallest absolute Gasteiger partial charge is 0.0547 e. The third kappa shape index (κ3) is 6.82. The van der Waals surface area contributed by atoms with E-state index in [9.17, 15) is 0 Å². The molecule has 0 aliphatic carbocycles. The SMILES string of the molecule is c1ccc(-c2ccccc2-c2c(-c3ccccc3)cccc2N(c2cccc(-c3cccc4c3c3ccccc3n4-c3ccccc3)c2)c2ccc3c(c2)c2ccccc2n3-c2ccccc2)cc1. The second-order valence-electron chi connectivity index (χ2n) is 17.6. The molecule has 69 heavy (non-hydrogen) atoms. The lowest BCUT2D eigenvalue weighted by molar-refractivity contribution is 1.18. The summed E-state index contributed by atoms with van der Waals surface area (Å²) < 4.78 is 4.79. The lowest BCUT2D eigenvalue weighted by atomic mass is 9.87. The topological polar surface area (TPSA) is 13.1 Å². The van der Waals surface area contributed by atoms with E-state index in [4.69, 9.17) is 0 Å². The second-order valence-corrected chi connectivity index (χ2v) is 17.6. The van der Waals surface area contributed by atoms with Gasteiger partial charge in [0.2, 0.25) is 0 Å². The van der Waals surface area contributed by atoms with Crippen molar-refractivity contribution >= 4 is 60.7 Å². The standard InChI is InChI=1S/C66H45N3/c1-5-22-46(23-6-1)53-32-13-14-34-57(53)65-54(47-24-7-2-8-25-47)36-20-40-63(65)67(52-42-43-62-59(45-52)56-33-15-17-38-60(56)68(62)49-27-9-3-10-28-49)51-31-19-26-48(44-51)55-37-21-41-64-66(55)58-35-16-18-39-61(58)69(64)50-29-11-4-12-30-50/h1-45H. The Morgan fingerprint density at radius 1 is 0.261 bits per heavy atom. The molecule has 2 heterocycles. The van der Waals surface area contributed by atoms with Crippen LogP contribution in [-0.2, 0) is 0 Å². The molecule has 0 fully saturated rings. The molecule has 0 radical (unpaired) electrons. The van der Waals surface area contributed by atoms with Crippen molar-refractivity contribution in [1.82, 2.24) is 9.13 Å². The molecule has 3 heteroatoms. The zero-order chi connectivity index (χ0) is 45.7. The van der Waals surface area contributed by atoms with Gasteiger partial charge in [0.15, 0.2) is 0 Å². The summed E-state index contributed by atoms with van der Waals surface area (Å²) in [5.74, 6) is 0. The van der Waals surface area contributed by atoms with E-state index in [2.05, 4.69) is 287 Å². The highest BCUT2D eigenvalue weighted by atomic mass is 15.1. The van der Waals surface area contributed by atoms with Gasteiger partial charge in [0.25, 0.3) is 0 Å². The second kappa shape index (κ2) is 16.9. The van der Waals surface area contributed by atoms with E-state index in [0.29, 0.717) is 0 Å². The predicted octanol–water partition coefficient (Wildman–Crippen LogP) is 18.0. The number of fused-ring (bicyclic) bond motifs is 6. The van der Waals surface area contributed by atoms with Crippen molar-refractivity contribution in [3.8, 4) is 55.9 Å². The van der Waals surface area contributed by atoms with Crippen LogP contribution in [0.4, 0.5) is 17.1 Å². The highest BCUT2D eigenvalue weighted by Gasteiger charge is 2.25. The quantitative estimate of drug-likeness (QED) is 0.141. The largest absolute Gasteiger partial charge is 0.310 e. The highest BCUT2D eigenvalue weighted by molar-refractivity contribution is 6.16. The summed E-state index contributed by atoms with van der Waals surface area (Å²) in [4.78, 5) is 2.49. The predicted molar refractivity (Wildman–Crippen MR) is 292 cm³/mol. The molecule has 2 aromatic heterocycles. The lowest BCUT2D eigenvalue weighted by Gasteiger charge is -2.30. The molecule has 0 unspecified atom stereocenters. The van der Waals surface area contributed by atoms with E-state index in [1.807, 2.05) is 0 Å². The molecule has 0 N–H and O–H groups in total. The van der Waals surface area contributed by atoms with Gasteiger partial charge in [-0.3, -0.25) is 0 Å². The molecule has 11 aromatic carbocycles. The minimum atomic E-state index is 1.06. The number of aromatic nitrogens is 2. The van der Waals surface area contributed by atoms with Crippen molar-refractivity contribution in [2.45, 2.75) is 0 Å². The summed E-state index contributed by atoms with van der Waals surface area (Å²) in [7, 11) is 0. The van der Waals surface area contributed by atoms with E-state index in [0.717, 1.165) is 56.2 Å². The normalized spacial score (nSPS) is 11.5. The van der Waals surface area contributed by atoms with Crippen molar-refractivity contribution in [3.05, 3.63) is 273 Å². The van der Waals surface area contributed by atoms with Crippen molar-refractivity contribution in [2.75, 3.05) is 4.90 Å². The third-order valence-electron chi connectivity index (χ3n) is 13.7. The molecule has 13 rings (SSSR count). The van der Waals surface area contributed by atoms with E-state index in [-0.39, 0.29) is 0 Å². The van der Waals surface area contributed by atoms with Crippen LogP contribution in [0.2, 0.25) is 0 Å². The molecule has 324 valence electrons. The Morgan fingerprint density at radius 3 is 1.43 bits per heavy atom. The van der Waals surface area contributed by atoms with Gasteiger partial charge in [0.1, 0.15) is 0 Å². The average Bonchev–Trinajstić information content (AvgIpc) is 3.95. The summed E-state index contributed by atoms with van der Waals surface area (Å²) in [5.41, 5.74) is 19.5. The van der Waals surface area contributed by atoms with Gasteiger partial charge in [-0.15, -0.1) is 0 Å². The molecular weight excluding hydrogens is 835 g/mol. The van der Waals surface area contributed by atoms with E-state index >= 15 is 0 Å². The van der Waals surface area contributed by atoms with Gasteiger partial charge < -0.3 is 14.0 Å². The number of hydrogen-bond donors (Lipinski definition) is 0. The van der Waals surface area contributed by atoms with Crippen molar-refractivity contribution < 1.29 is 0 Å². The molecule has 0 spiro atoms. The van der Waals surface area contributed by atoms with E-state index < -0.39 is 0 Å². The van der Waals surface area contributed by atoms with Crippen LogP contribution in [0.25, 0.3) is 99.5 Å². The van der Waals surface area contributed by atoms with E-state index in [1.165, 1.54) is 60.3 Å². The maximum Gasteiger partial charge on any atom is 0.0547 e. The van der Waals surface area contributed by atoms with Crippen LogP contribution in [0.3, 0.4) is 0 Å². The molecule has 0 aliphatic rings. The van der Waals surface area contributed by atoms with Gasteiger partial charge in [0.05, 0.1) is 27.8 Å². The Morgan fingerprint density at radius 2 is 0.725 bits per heavy atom. The first kappa shape index (κ1) is 40.1. The molecule has 0 saturated carbocycles. The number of nitrogens with zero attached hydrogens (tertiary/aromatic N) is 3. The van der Waals surface area contributed by atoms with Crippen LogP contribution in [0.5, 0.6) is 0 Å². The molecule has 0 saturated heterocycles. The van der Waals surface area contributed by atoms with Gasteiger partial charge in [-0.05, 0) is 118 Å². The number of anilines is 3. The maximum atomic E-state index is 2.49. The molecule has 0 amide bonds. The van der Waals surface area contributed by atoms with Crippen molar-refractivity contribution in [2.24, 2.45) is 0 Å². The Hall–Kier alpha value is -9.18. The summed E-state index contributed by atoms with van der Waals surface area (Å²) in [6.45, 7) is 0. The van der Waals surface area contributed by atoms with Crippen LogP contribution in [-0.4, -0.2) is 9.13 Å². The first-order valence-corrected chi connectivity index (χ1v) is 23.7. The molecule has 13 aromatic rings.